The highest BCUT2D eigenvalue weighted by atomic mass is 35.5. The van der Waals surface area contributed by atoms with Gasteiger partial charge in [-0.3, -0.25) is 4.79 Å². The number of nitrogens with zero attached hydrogens (tertiary/aromatic N) is 1. The number of nitrogen functional groups attached to an aromatic ring is 1. The number of aromatic nitrogens is 1. The van der Waals surface area contributed by atoms with Crippen LogP contribution in [0.2, 0.25) is 5.02 Å². The Labute approximate surface area is 109 Å². The number of nitrogens with two attached hydrogens (primary N) is 1. The van der Waals surface area contributed by atoms with Crippen molar-refractivity contribution in [2.24, 2.45) is 0 Å². The number of hydrogen-bond acceptors (Lipinski definition) is 4. The van der Waals surface area contributed by atoms with Crippen LogP contribution in [0.3, 0.4) is 0 Å². The molecule has 0 aliphatic carbocycles. The van der Waals surface area contributed by atoms with Gasteiger partial charge in [0.05, 0.1) is 20.6 Å². The molecule has 1 heterocycles. The summed E-state index contributed by atoms with van der Waals surface area (Å²) in [5, 5.41) is 1.57. The third kappa shape index (κ3) is 4.17. The number of para-hydroxylation sites is 1. The zero-order valence-electron chi connectivity index (χ0n) is 9.61. The quantitative estimate of drug-likeness (QED) is 0.636. The Kier molecular flexibility index (Phi) is 5.12. The first kappa shape index (κ1) is 13.7. The maximum atomic E-state index is 9.99. The van der Waals surface area contributed by atoms with Crippen molar-refractivity contribution in [3.63, 3.8) is 0 Å². The number of hydrogen-bond donors (Lipinski definition) is 1. The van der Waals surface area contributed by atoms with Crippen molar-refractivity contribution in [3.8, 4) is 0 Å². The molecule has 0 unspecified atom stereocenters. The monoisotopic (exact) mass is 268 g/mol. The van der Waals surface area contributed by atoms with E-state index in [4.69, 9.17) is 17.3 Å². The Morgan fingerprint density at radius 2 is 2.12 bits per heavy atom. The fourth-order valence-electron chi connectivity index (χ4n) is 1.08. The van der Waals surface area contributed by atoms with Gasteiger partial charge in [0.2, 0.25) is 0 Å². The van der Waals surface area contributed by atoms with Crippen molar-refractivity contribution in [1.82, 2.24) is 4.98 Å². The van der Waals surface area contributed by atoms with Crippen molar-refractivity contribution in [1.29, 1.82) is 0 Å². The van der Waals surface area contributed by atoms with Crippen molar-refractivity contribution in [3.05, 3.63) is 44.9 Å². The molecule has 5 heteroatoms. The highest BCUT2D eigenvalue weighted by Crippen LogP contribution is 2.20. The second-order valence-electron chi connectivity index (χ2n) is 3.37. The fraction of sp³-hybridized carbons (Fsp3) is 0.167. The van der Waals surface area contributed by atoms with Crippen molar-refractivity contribution >= 4 is 34.9 Å². The molecule has 2 aromatic rings. The zero-order valence-corrected chi connectivity index (χ0v) is 11.2. The average Bonchev–Trinajstić information content (AvgIpc) is 2.73. The van der Waals surface area contributed by atoms with Gasteiger partial charge in [-0.2, -0.15) is 0 Å². The summed E-state index contributed by atoms with van der Waals surface area (Å²) in [6, 6.07) is 5.60. The lowest BCUT2D eigenvalue weighted by molar-refractivity contribution is 0.112. The standard InChI is InChI=1S/C7H8ClN.C5H5NOS/c1-5-3-2-4-6(8)7(5)9;1-4-6-2-5(3-7)8-4/h2-4H,9H2,1H3;2-3H,1H3. The van der Waals surface area contributed by atoms with E-state index in [2.05, 4.69) is 4.98 Å². The van der Waals surface area contributed by atoms with E-state index in [1.807, 2.05) is 26.0 Å². The molecule has 1 aromatic heterocycles. The van der Waals surface area contributed by atoms with Gasteiger partial charge in [0, 0.05) is 6.20 Å². The molecule has 1 aromatic carbocycles. The predicted molar refractivity (Wildman–Crippen MR) is 72.8 cm³/mol. The van der Waals surface area contributed by atoms with Crippen LogP contribution < -0.4 is 5.73 Å². The second kappa shape index (κ2) is 6.37. The summed E-state index contributed by atoms with van der Waals surface area (Å²) < 4.78 is 0. The summed E-state index contributed by atoms with van der Waals surface area (Å²) in [6.45, 7) is 3.80. The minimum atomic E-state index is 0.634. The number of carbonyl (C=O) groups excluding carboxylic acids is 1. The summed E-state index contributed by atoms with van der Waals surface area (Å²) in [4.78, 5) is 14.6. The number of rotatable bonds is 1. The fourth-order valence-corrected chi connectivity index (χ4v) is 1.90. The normalized spacial score (nSPS) is 9.35. The minimum absolute atomic E-state index is 0.634. The van der Waals surface area contributed by atoms with E-state index < -0.39 is 0 Å². The molecule has 17 heavy (non-hydrogen) atoms. The predicted octanol–water partition coefficient (Wildman–Crippen LogP) is 3.49. The van der Waals surface area contributed by atoms with E-state index >= 15 is 0 Å². The molecule has 0 atom stereocenters. The van der Waals surface area contributed by atoms with Crippen LogP contribution in [0.1, 0.15) is 20.2 Å². The molecule has 3 nitrogen and oxygen atoms in total. The van der Waals surface area contributed by atoms with Crippen LogP contribution in [0.4, 0.5) is 5.69 Å². The van der Waals surface area contributed by atoms with Crippen LogP contribution in [0.5, 0.6) is 0 Å². The Hall–Kier alpha value is -1.39. The molecule has 90 valence electrons. The number of aldehydes is 1. The Morgan fingerprint density at radius 1 is 1.41 bits per heavy atom. The summed E-state index contributed by atoms with van der Waals surface area (Å²) >= 11 is 7.10. The molecular weight excluding hydrogens is 256 g/mol. The number of halogens is 1. The molecule has 0 saturated carbocycles. The van der Waals surface area contributed by atoms with Crippen LogP contribution in [-0.2, 0) is 0 Å². The molecule has 0 aliphatic rings. The Bertz CT molecular complexity index is 491. The van der Waals surface area contributed by atoms with E-state index in [1.54, 1.807) is 12.3 Å². The topological polar surface area (TPSA) is 56.0 Å². The van der Waals surface area contributed by atoms with Gasteiger partial charge >= 0.3 is 0 Å². The summed E-state index contributed by atoms with van der Waals surface area (Å²) in [7, 11) is 0. The average molecular weight is 269 g/mol. The van der Waals surface area contributed by atoms with Crippen LogP contribution in [0, 0.1) is 13.8 Å². The van der Waals surface area contributed by atoms with Gasteiger partial charge in [0.1, 0.15) is 0 Å². The highest BCUT2D eigenvalue weighted by Gasteiger charge is 1.95. The van der Waals surface area contributed by atoms with Crippen molar-refractivity contribution in [2.75, 3.05) is 5.73 Å². The lowest BCUT2D eigenvalue weighted by Crippen LogP contribution is -1.88. The molecule has 0 fully saturated rings. The van der Waals surface area contributed by atoms with E-state index in [9.17, 15) is 4.79 Å². The zero-order chi connectivity index (χ0) is 12.8. The summed E-state index contributed by atoms with van der Waals surface area (Å²) in [5.41, 5.74) is 7.26. The first-order valence-electron chi connectivity index (χ1n) is 4.92. The largest absolute Gasteiger partial charge is 0.397 e. The number of aryl methyl sites for hydroxylation is 2. The number of thiazole rings is 1. The second-order valence-corrected chi connectivity index (χ2v) is 5.04. The van der Waals surface area contributed by atoms with Gasteiger partial charge in [0.15, 0.2) is 6.29 Å². The lowest BCUT2D eigenvalue weighted by Gasteiger charge is -1.98. The van der Waals surface area contributed by atoms with Crippen LogP contribution >= 0.6 is 22.9 Å². The molecule has 2 N–H and O–H groups in total. The first-order chi connectivity index (χ1) is 8.04. The number of carbonyl (C=O) groups is 1. The van der Waals surface area contributed by atoms with E-state index in [-0.39, 0.29) is 0 Å². The van der Waals surface area contributed by atoms with Gasteiger partial charge in [-0.15, -0.1) is 11.3 Å². The molecule has 2 rings (SSSR count). The summed E-state index contributed by atoms with van der Waals surface area (Å²) in [5.74, 6) is 0. The number of anilines is 1. The van der Waals surface area contributed by atoms with Gasteiger partial charge in [-0.05, 0) is 25.5 Å². The third-order valence-electron chi connectivity index (χ3n) is 2.03. The lowest BCUT2D eigenvalue weighted by atomic mass is 10.2. The smallest absolute Gasteiger partial charge is 0.161 e. The van der Waals surface area contributed by atoms with E-state index in [0.29, 0.717) is 15.6 Å². The Balaban J connectivity index is 0.000000171. The maximum absolute atomic E-state index is 9.99. The molecule has 0 spiro atoms. The van der Waals surface area contributed by atoms with Crippen molar-refractivity contribution in [2.45, 2.75) is 13.8 Å². The Morgan fingerprint density at radius 3 is 2.47 bits per heavy atom. The van der Waals surface area contributed by atoms with E-state index in [1.165, 1.54) is 11.3 Å². The van der Waals surface area contributed by atoms with Crippen LogP contribution in [0.25, 0.3) is 0 Å². The van der Waals surface area contributed by atoms with Gasteiger partial charge < -0.3 is 5.73 Å². The SMILES string of the molecule is Cc1cccc(Cl)c1N.Cc1ncc(C=O)s1. The van der Waals surface area contributed by atoms with Gasteiger partial charge in [0.25, 0.3) is 0 Å². The number of benzene rings is 1. The molecule has 0 saturated heterocycles. The van der Waals surface area contributed by atoms with E-state index in [0.717, 1.165) is 16.9 Å². The van der Waals surface area contributed by atoms with Gasteiger partial charge in [-0.1, -0.05) is 23.7 Å². The van der Waals surface area contributed by atoms with Crippen molar-refractivity contribution < 1.29 is 4.79 Å². The molecule has 0 radical (unpaired) electrons. The third-order valence-corrected chi connectivity index (χ3v) is 3.19. The minimum Gasteiger partial charge on any atom is -0.397 e. The highest BCUT2D eigenvalue weighted by molar-refractivity contribution is 7.13. The molecule has 0 bridgehead atoms. The van der Waals surface area contributed by atoms with Crippen LogP contribution in [0.15, 0.2) is 24.4 Å². The van der Waals surface area contributed by atoms with Gasteiger partial charge in [-0.25, -0.2) is 4.98 Å². The molecular formula is C12H13ClN2OS. The molecule has 0 aliphatic heterocycles. The maximum Gasteiger partial charge on any atom is 0.161 e. The first-order valence-corrected chi connectivity index (χ1v) is 6.12. The molecule has 0 amide bonds. The van der Waals surface area contributed by atoms with Crippen LogP contribution in [-0.4, -0.2) is 11.3 Å². The summed E-state index contributed by atoms with van der Waals surface area (Å²) in [6.07, 6.45) is 2.39.